The molecule has 1 aliphatic rings. The van der Waals surface area contributed by atoms with Crippen LogP contribution in [0.2, 0.25) is 0 Å². The highest BCUT2D eigenvalue weighted by atomic mass is 19.3. The average molecular weight is 459 g/mol. The first-order valence-electron chi connectivity index (χ1n) is 10.5. The van der Waals surface area contributed by atoms with E-state index in [1.807, 2.05) is 32.9 Å². The lowest BCUT2D eigenvalue weighted by Gasteiger charge is -2.29. The van der Waals surface area contributed by atoms with Gasteiger partial charge in [0, 0.05) is 35.9 Å². The van der Waals surface area contributed by atoms with E-state index in [4.69, 9.17) is 4.74 Å². The number of hydrogen-bond donors (Lipinski definition) is 1. The third-order valence-electron chi connectivity index (χ3n) is 5.19. The second-order valence-corrected chi connectivity index (χ2v) is 8.73. The van der Waals surface area contributed by atoms with Crippen LogP contribution in [0.15, 0.2) is 42.6 Å². The Morgan fingerprint density at radius 3 is 2.64 bits per heavy atom. The van der Waals surface area contributed by atoms with Crippen LogP contribution in [-0.2, 0) is 4.74 Å². The van der Waals surface area contributed by atoms with Crippen molar-refractivity contribution >= 4 is 22.7 Å². The van der Waals surface area contributed by atoms with Crippen molar-refractivity contribution < 1.29 is 27.4 Å². The second-order valence-electron chi connectivity index (χ2n) is 8.73. The zero-order chi connectivity index (χ0) is 23.8. The Bertz CT molecular complexity index is 1210. The number of halogens is 3. The second kappa shape index (κ2) is 8.80. The highest BCUT2D eigenvalue weighted by molar-refractivity contribution is 5.96. The number of nitrogens with zero attached hydrogens (tertiary/aromatic N) is 2. The molecule has 0 radical (unpaired) electrons. The van der Waals surface area contributed by atoms with Crippen molar-refractivity contribution in [3.8, 4) is 16.9 Å². The first-order valence-corrected chi connectivity index (χ1v) is 10.5. The molecule has 0 atom stereocenters. The van der Waals surface area contributed by atoms with Crippen molar-refractivity contribution in [1.82, 2.24) is 14.9 Å². The molecule has 0 spiro atoms. The van der Waals surface area contributed by atoms with Crippen molar-refractivity contribution in [3.63, 3.8) is 0 Å². The molecule has 1 amide bonds. The molecular weight excluding hydrogens is 435 g/mol. The van der Waals surface area contributed by atoms with E-state index in [-0.39, 0.29) is 17.4 Å². The molecule has 6 nitrogen and oxygen atoms in total. The van der Waals surface area contributed by atoms with E-state index >= 15 is 0 Å². The number of hydrogen-bond acceptors (Lipinski definition) is 4. The Morgan fingerprint density at radius 1 is 1.18 bits per heavy atom. The summed E-state index contributed by atoms with van der Waals surface area (Å²) in [5.74, 6) is -0.684. The summed E-state index contributed by atoms with van der Waals surface area (Å²) in [6.07, 6.45) is 3.69. The Labute approximate surface area is 189 Å². The van der Waals surface area contributed by atoms with E-state index in [1.165, 1.54) is 12.3 Å². The highest BCUT2D eigenvalue weighted by Gasteiger charge is 2.24. The van der Waals surface area contributed by atoms with E-state index in [0.29, 0.717) is 36.1 Å². The summed E-state index contributed by atoms with van der Waals surface area (Å²) in [6, 6.07) is 6.91. The minimum atomic E-state index is -3.03. The third-order valence-corrected chi connectivity index (χ3v) is 5.19. The largest absolute Gasteiger partial charge is 0.444 e. The Balaban J connectivity index is 1.65. The number of rotatable bonds is 4. The molecule has 33 heavy (non-hydrogen) atoms. The molecular formula is C24H24F3N3O3. The van der Waals surface area contributed by atoms with Gasteiger partial charge in [0.25, 0.3) is 0 Å². The van der Waals surface area contributed by atoms with Crippen molar-refractivity contribution in [2.75, 3.05) is 13.1 Å². The minimum Gasteiger partial charge on any atom is -0.444 e. The first kappa shape index (κ1) is 22.7. The predicted octanol–water partition coefficient (Wildman–Crippen LogP) is 5.99. The van der Waals surface area contributed by atoms with Gasteiger partial charge in [-0.2, -0.15) is 8.78 Å². The number of carbonyl (C=O) groups excluding carboxylic acids is 1. The summed E-state index contributed by atoms with van der Waals surface area (Å²) in [6.45, 7) is 3.32. The topological polar surface area (TPSA) is 67.4 Å². The van der Waals surface area contributed by atoms with Crippen LogP contribution in [-0.4, -0.2) is 46.3 Å². The van der Waals surface area contributed by atoms with Crippen molar-refractivity contribution in [2.24, 2.45) is 0 Å². The van der Waals surface area contributed by atoms with Crippen LogP contribution in [0.25, 0.3) is 27.7 Å². The van der Waals surface area contributed by atoms with Gasteiger partial charge in [-0.1, -0.05) is 6.08 Å². The predicted molar refractivity (Wildman–Crippen MR) is 119 cm³/mol. The van der Waals surface area contributed by atoms with Gasteiger partial charge in [-0.15, -0.1) is 0 Å². The summed E-state index contributed by atoms with van der Waals surface area (Å²) in [5.41, 5.74) is 2.48. The summed E-state index contributed by atoms with van der Waals surface area (Å²) in [5, 5.41) is 0.646. The number of fused-ring (bicyclic) bond motifs is 1. The highest BCUT2D eigenvalue weighted by Crippen LogP contribution is 2.37. The Kier molecular flexibility index (Phi) is 6.05. The third kappa shape index (κ3) is 5.13. The summed E-state index contributed by atoms with van der Waals surface area (Å²) >= 11 is 0. The standard InChI is InChI=1S/C24H24F3N3O3/c1-24(2,3)33-23(31)30-10-7-14(8-11-30)19-13-18-16(6-9-28-21(18)29-19)17-12-15(25)4-5-20(17)32-22(26)27/h4-7,9,12-13,22H,8,10-11H2,1-3H3,(H,28,29). The van der Waals surface area contributed by atoms with E-state index in [0.717, 1.165) is 23.4 Å². The molecule has 1 N–H and O–H groups in total. The number of aromatic nitrogens is 2. The van der Waals surface area contributed by atoms with Gasteiger partial charge in [-0.3, -0.25) is 0 Å². The maximum absolute atomic E-state index is 14.0. The molecule has 3 heterocycles. The number of amides is 1. The average Bonchev–Trinajstić information content (AvgIpc) is 3.18. The molecule has 3 aromatic rings. The zero-order valence-electron chi connectivity index (χ0n) is 18.5. The normalized spacial score (nSPS) is 14.5. The van der Waals surface area contributed by atoms with Gasteiger partial charge in [-0.25, -0.2) is 14.2 Å². The van der Waals surface area contributed by atoms with E-state index in [2.05, 4.69) is 14.7 Å². The molecule has 0 saturated heterocycles. The smallest absolute Gasteiger partial charge is 0.410 e. The molecule has 0 aliphatic carbocycles. The van der Waals surface area contributed by atoms with Gasteiger partial charge in [0.05, 0.1) is 0 Å². The van der Waals surface area contributed by atoms with Gasteiger partial charge >= 0.3 is 12.7 Å². The lowest BCUT2D eigenvalue weighted by Crippen LogP contribution is -2.39. The minimum absolute atomic E-state index is 0.119. The van der Waals surface area contributed by atoms with Crippen LogP contribution in [0.3, 0.4) is 0 Å². The number of benzene rings is 1. The quantitative estimate of drug-likeness (QED) is 0.520. The van der Waals surface area contributed by atoms with E-state index < -0.39 is 18.0 Å². The number of nitrogens with one attached hydrogen (secondary N) is 1. The van der Waals surface area contributed by atoms with Gasteiger partial charge in [0.1, 0.15) is 22.8 Å². The number of ether oxygens (including phenoxy) is 2. The van der Waals surface area contributed by atoms with Gasteiger partial charge in [0.15, 0.2) is 0 Å². The number of alkyl halides is 2. The van der Waals surface area contributed by atoms with E-state index in [9.17, 15) is 18.0 Å². The summed E-state index contributed by atoms with van der Waals surface area (Å²) in [4.78, 5) is 21.5. The number of aromatic amines is 1. The number of carbonyl (C=O) groups is 1. The molecule has 1 aromatic carbocycles. The van der Waals surface area contributed by atoms with Crippen LogP contribution in [0, 0.1) is 5.82 Å². The first-order chi connectivity index (χ1) is 15.6. The molecule has 0 saturated carbocycles. The fourth-order valence-corrected chi connectivity index (χ4v) is 3.75. The molecule has 9 heteroatoms. The molecule has 4 rings (SSSR count). The molecule has 2 aromatic heterocycles. The molecule has 174 valence electrons. The Hall–Kier alpha value is -3.49. The molecule has 0 fully saturated rings. The molecule has 1 aliphatic heterocycles. The van der Waals surface area contributed by atoms with Gasteiger partial charge < -0.3 is 19.4 Å². The number of H-pyrrole nitrogens is 1. The fraction of sp³-hybridized carbons (Fsp3) is 0.333. The van der Waals surface area contributed by atoms with Crippen molar-refractivity contribution in [1.29, 1.82) is 0 Å². The number of pyridine rings is 1. The lowest BCUT2D eigenvalue weighted by atomic mass is 10.0. The SMILES string of the molecule is CC(C)(C)OC(=O)N1CC=C(c2cc3c(-c4cc(F)ccc4OC(F)F)ccnc3[nH]2)CC1. The molecule has 0 unspecified atom stereocenters. The monoisotopic (exact) mass is 459 g/mol. The van der Waals surface area contributed by atoms with Gasteiger partial charge in [0.2, 0.25) is 0 Å². The molecule has 0 bridgehead atoms. The van der Waals surface area contributed by atoms with Crippen molar-refractivity contribution in [3.05, 3.63) is 54.1 Å². The Morgan fingerprint density at radius 2 is 1.97 bits per heavy atom. The lowest BCUT2D eigenvalue weighted by molar-refractivity contribution is -0.0495. The van der Waals surface area contributed by atoms with E-state index in [1.54, 1.807) is 11.0 Å². The summed E-state index contributed by atoms with van der Waals surface area (Å²) < 4.78 is 49.7. The van der Waals surface area contributed by atoms with Crippen LogP contribution in [0.4, 0.5) is 18.0 Å². The van der Waals surface area contributed by atoms with Crippen LogP contribution in [0.5, 0.6) is 5.75 Å². The maximum atomic E-state index is 14.0. The van der Waals surface area contributed by atoms with Crippen LogP contribution < -0.4 is 4.74 Å². The van der Waals surface area contributed by atoms with Crippen LogP contribution in [0.1, 0.15) is 32.9 Å². The summed E-state index contributed by atoms with van der Waals surface area (Å²) in [7, 11) is 0. The van der Waals surface area contributed by atoms with Gasteiger partial charge in [-0.05, 0) is 68.7 Å². The zero-order valence-corrected chi connectivity index (χ0v) is 18.5. The maximum Gasteiger partial charge on any atom is 0.410 e. The van der Waals surface area contributed by atoms with Crippen LogP contribution >= 0.6 is 0 Å². The fourth-order valence-electron chi connectivity index (χ4n) is 3.75. The van der Waals surface area contributed by atoms with Crippen molar-refractivity contribution in [2.45, 2.75) is 39.4 Å².